The van der Waals surface area contributed by atoms with Crippen LogP contribution in [-0.4, -0.2) is 43.9 Å². The average Bonchev–Trinajstić information content (AvgIpc) is 3.43. The zero-order valence-electron chi connectivity index (χ0n) is 19.8. The van der Waals surface area contributed by atoms with Crippen LogP contribution in [0.2, 0.25) is 0 Å². The van der Waals surface area contributed by atoms with Crippen LogP contribution >= 0.6 is 12.2 Å². The second kappa shape index (κ2) is 10.2. The van der Waals surface area contributed by atoms with Crippen LogP contribution in [0, 0.1) is 5.82 Å². The van der Waals surface area contributed by atoms with Crippen molar-refractivity contribution in [3.63, 3.8) is 0 Å². The summed E-state index contributed by atoms with van der Waals surface area (Å²) in [6.07, 6.45) is 5.74. The zero-order chi connectivity index (χ0) is 25.2. The second-order valence-electron chi connectivity index (χ2n) is 9.07. The smallest absolute Gasteiger partial charge is 0.307 e. The summed E-state index contributed by atoms with van der Waals surface area (Å²) in [6.45, 7) is 3.85. The Balaban J connectivity index is 1.53. The van der Waals surface area contributed by atoms with E-state index in [0.717, 1.165) is 53.7 Å². The van der Waals surface area contributed by atoms with Crippen LogP contribution in [0.1, 0.15) is 37.0 Å². The van der Waals surface area contributed by atoms with Gasteiger partial charge in [-0.2, -0.15) is 8.80 Å². The fourth-order valence-electron chi connectivity index (χ4n) is 4.14. The van der Waals surface area contributed by atoms with Crippen molar-refractivity contribution >= 4 is 18.2 Å². The van der Waals surface area contributed by atoms with Gasteiger partial charge in [-0.25, -0.2) is 4.98 Å². The van der Waals surface area contributed by atoms with E-state index in [1.54, 1.807) is 19.3 Å². The first-order chi connectivity index (χ1) is 16.6. The van der Waals surface area contributed by atoms with Gasteiger partial charge in [0.15, 0.2) is 12.2 Å². The van der Waals surface area contributed by atoms with Crippen molar-refractivity contribution in [3.05, 3.63) is 59.2 Å². The number of nitrogens with zero attached hydrogens (tertiary/aromatic N) is 4. The predicted octanol–water partition coefficient (Wildman–Crippen LogP) is 3.76. The van der Waals surface area contributed by atoms with Gasteiger partial charge in [0, 0.05) is 19.3 Å². The highest BCUT2D eigenvalue weighted by Gasteiger charge is 2.26. The van der Waals surface area contributed by atoms with E-state index in [-0.39, 0.29) is 18.9 Å². The van der Waals surface area contributed by atoms with E-state index < -0.39 is 17.3 Å². The minimum Gasteiger partial charge on any atom is -0.481 e. The van der Waals surface area contributed by atoms with E-state index in [1.807, 2.05) is 26.0 Å². The molecule has 9 nitrogen and oxygen atoms in total. The van der Waals surface area contributed by atoms with E-state index in [0.29, 0.717) is 5.88 Å². The van der Waals surface area contributed by atoms with E-state index in [2.05, 4.69) is 16.1 Å². The molecule has 1 aliphatic rings. The number of aryl methyl sites for hydroxylation is 1. The van der Waals surface area contributed by atoms with E-state index in [4.69, 9.17) is 14.8 Å². The molecule has 2 heterocycles. The standard InChI is InChI=1S/C24H28FN5O4S/c1-24(2,30-13-20(25)23(28-30)34-35-29(3)26)14-33-21-11-16(9-10-27-21)18-8-7-15-5-4-6-17(15)19(18)12-22(31)32/h7-11,13H,4-6,12,14,26H2,1-3H3,(H,31,32). The van der Waals surface area contributed by atoms with E-state index in [1.165, 1.54) is 20.9 Å². The fraction of sp³-hybridized carbons (Fsp3) is 0.375. The number of rotatable bonds is 10. The van der Waals surface area contributed by atoms with Crippen molar-refractivity contribution in [3.8, 4) is 22.9 Å². The first kappa shape index (κ1) is 25.0. The summed E-state index contributed by atoms with van der Waals surface area (Å²) in [5.41, 5.74) is 4.21. The number of hydrogen-bond donors (Lipinski definition) is 2. The molecule has 0 spiro atoms. The number of carboxylic acids is 1. The van der Waals surface area contributed by atoms with Crippen molar-refractivity contribution in [1.29, 1.82) is 0 Å². The third kappa shape index (κ3) is 5.75. The van der Waals surface area contributed by atoms with Crippen LogP contribution in [0.25, 0.3) is 11.1 Å². The molecule has 35 heavy (non-hydrogen) atoms. The molecule has 3 N–H and O–H groups in total. The Morgan fingerprint density at radius 3 is 2.89 bits per heavy atom. The van der Waals surface area contributed by atoms with Gasteiger partial charge in [-0.15, -0.1) is 5.10 Å². The fourth-order valence-corrected chi connectivity index (χ4v) is 4.44. The van der Waals surface area contributed by atoms with Crippen molar-refractivity contribution in [2.75, 3.05) is 13.7 Å². The minimum absolute atomic E-state index is 0.0302. The van der Waals surface area contributed by atoms with Gasteiger partial charge >= 0.3 is 5.97 Å². The molecule has 1 aromatic carbocycles. The third-order valence-electron chi connectivity index (χ3n) is 5.84. The van der Waals surface area contributed by atoms with Gasteiger partial charge in [0.2, 0.25) is 11.7 Å². The topological polar surface area (TPSA) is 116 Å². The highest BCUT2D eigenvalue weighted by molar-refractivity contribution is 7.92. The molecule has 0 saturated carbocycles. The molecule has 0 radical (unpaired) electrons. The monoisotopic (exact) mass is 501 g/mol. The molecule has 0 atom stereocenters. The van der Waals surface area contributed by atoms with Crippen molar-refractivity contribution in [1.82, 2.24) is 19.2 Å². The summed E-state index contributed by atoms with van der Waals surface area (Å²) >= 11 is 0.761. The van der Waals surface area contributed by atoms with Crippen LogP contribution in [0.5, 0.6) is 11.8 Å². The molecule has 0 amide bonds. The first-order valence-electron chi connectivity index (χ1n) is 11.2. The molecule has 0 fully saturated rings. The number of pyridine rings is 1. The second-order valence-corrected chi connectivity index (χ2v) is 9.96. The molecule has 0 bridgehead atoms. The molecule has 0 unspecified atom stereocenters. The summed E-state index contributed by atoms with van der Waals surface area (Å²) in [5.74, 6) is 4.19. The first-order valence-corrected chi connectivity index (χ1v) is 11.9. The summed E-state index contributed by atoms with van der Waals surface area (Å²) in [4.78, 5) is 15.9. The van der Waals surface area contributed by atoms with E-state index >= 15 is 0 Å². The van der Waals surface area contributed by atoms with Crippen molar-refractivity contribution in [2.45, 2.75) is 45.1 Å². The van der Waals surface area contributed by atoms with Crippen LogP contribution in [0.3, 0.4) is 0 Å². The Hall–Kier alpha value is -3.15. The maximum atomic E-state index is 14.2. The Labute approximate surface area is 207 Å². The molecule has 1 aliphatic carbocycles. The Morgan fingerprint density at radius 1 is 1.34 bits per heavy atom. The van der Waals surface area contributed by atoms with E-state index in [9.17, 15) is 14.3 Å². The maximum Gasteiger partial charge on any atom is 0.307 e. The largest absolute Gasteiger partial charge is 0.481 e. The number of carbonyl (C=O) groups is 1. The number of hydrogen-bond acceptors (Lipinski definition) is 8. The quantitative estimate of drug-likeness (QED) is 0.185. The lowest BCUT2D eigenvalue weighted by Crippen LogP contribution is -2.34. The molecule has 0 aliphatic heterocycles. The number of fused-ring (bicyclic) bond motifs is 1. The molecule has 3 aromatic rings. The molecule has 186 valence electrons. The number of carboxylic acid groups (broad SMARTS) is 1. The van der Waals surface area contributed by atoms with Gasteiger partial charge in [-0.1, -0.05) is 12.1 Å². The van der Waals surface area contributed by atoms with Gasteiger partial charge in [0.1, 0.15) is 6.61 Å². The van der Waals surface area contributed by atoms with Crippen LogP contribution in [0.15, 0.2) is 36.7 Å². The SMILES string of the molecule is CN(N)SOc1nn(C(C)(C)COc2cc(-c3ccc4c(c3CC(=O)O)CCC4)ccn2)cc1F. The molecule has 0 saturated heterocycles. The average molecular weight is 502 g/mol. The molecular weight excluding hydrogens is 473 g/mol. The Kier molecular flexibility index (Phi) is 7.29. The maximum absolute atomic E-state index is 14.2. The predicted molar refractivity (Wildman–Crippen MR) is 130 cm³/mol. The molecule has 11 heteroatoms. The highest BCUT2D eigenvalue weighted by Crippen LogP contribution is 2.35. The van der Waals surface area contributed by atoms with Gasteiger partial charge in [-0.3, -0.25) is 15.3 Å². The number of nitrogens with two attached hydrogens (primary N) is 1. The van der Waals surface area contributed by atoms with Gasteiger partial charge in [0.25, 0.3) is 5.88 Å². The number of halogens is 1. The molecular formula is C24H28FN5O4S. The molecule has 2 aromatic heterocycles. The third-order valence-corrected chi connectivity index (χ3v) is 6.31. The minimum atomic E-state index is -0.856. The Bertz CT molecular complexity index is 1230. The summed E-state index contributed by atoms with van der Waals surface area (Å²) in [6, 6.07) is 7.71. The van der Waals surface area contributed by atoms with Gasteiger partial charge < -0.3 is 14.0 Å². The van der Waals surface area contributed by atoms with Crippen molar-refractivity contribution < 1.29 is 23.2 Å². The van der Waals surface area contributed by atoms with Crippen molar-refractivity contribution in [2.24, 2.45) is 5.84 Å². The van der Waals surface area contributed by atoms with Crippen LogP contribution < -0.4 is 14.8 Å². The lowest BCUT2D eigenvalue weighted by atomic mass is 9.91. The number of aliphatic carboxylic acids is 1. The molecule has 4 rings (SSSR count). The summed E-state index contributed by atoms with van der Waals surface area (Å²) in [5, 5.41) is 13.7. The highest BCUT2D eigenvalue weighted by atomic mass is 32.2. The van der Waals surface area contributed by atoms with Crippen LogP contribution in [0.4, 0.5) is 4.39 Å². The van der Waals surface area contributed by atoms with Crippen LogP contribution in [-0.2, 0) is 29.6 Å². The lowest BCUT2D eigenvalue weighted by molar-refractivity contribution is -0.136. The zero-order valence-corrected chi connectivity index (χ0v) is 20.6. The number of benzene rings is 1. The Morgan fingerprint density at radius 2 is 2.14 bits per heavy atom. The van der Waals surface area contributed by atoms with Gasteiger partial charge in [0.05, 0.1) is 18.2 Å². The number of hydrazine groups is 1. The summed E-state index contributed by atoms with van der Waals surface area (Å²) in [7, 11) is 1.56. The summed E-state index contributed by atoms with van der Waals surface area (Å²) < 4.78 is 28.0. The normalized spacial score (nSPS) is 13.2. The number of ether oxygens (including phenoxy) is 1. The van der Waals surface area contributed by atoms with Gasteiger partial charge in [-0.05, 0) is 67.0 Å². The number of aromatic nitrogens is 3. The lowest BCUT2D eigenvalue weighted by Gasteiger charge is -2.25.